The van der Waals surface area contributed by atoms with Crippen molar-refractivity contribution in [1.29, 1.82) is 0 Å². The van der Waals surface area contributed by atoms with Gasteiger partial charge in [0.25, 0.3) is 0 Å². The highest BCUT2D eigenvalue weighted by Gasteiger charge is 2.19. The van der Waals surface area contributed by atoms with Crippen LogP contribution >= 0.6 is 0 Å². The Kier molecular flexibility index (Phi) is 15.7. The van der Waals surface area contributed by atoms with Gasteiger partial charge in [-0.25, -0.2) is 4.79 Å². The Hall–Kier alpha value is -2.02. The molecule has 0 aromatic heterocycles. The molecule has 0 bridgehead atoms. The Labute approximate surface area is 244 Å². The summed E-state index contributed by atoms with van der Waals surface area (Å²) in [5.41, 5.74) is 2.27. The van der Waals surface area contributed by atoms with Gasteiger partial charge in [0, 0.05) is 29.4 Å². The minimum atomic E-state index is -1.14. The lowest BCUT2D eigenvalue weighted by atomic mass is 10.1. The van der Waals surface area contributed by atoms with Gasteiger partial charge in [-0.1, -0.05) is 99.9 Å². The Balaban J connectivity index is 1.90. The molecule has 0 unspecified atom stereocenters. The van der Waals surface area contributed by atoms with Crippen molar-refractivity contribution in [3.63, 3.8) is 0 Å². The van der Waals surface area contributed by atoms with Gasteiger partial charge in [-0.05, 0) is 36.1 Å². The van der Waals surface area contributed by atoms with Crippen LogP contribution in [0.2, 0.25) is 51.4 Å². The van der Waals surface area contributed by atoms with E-state index in [0.717, 1.165) is 23.2 Å². The van der Waals surface area contributed by atoms with Crippen molar-refractivity contribution in [1.82, 2.24) is 10.6 Å². The molecule has 2 rings (SSSR count). The summed E-state index contributed by atoms with van der Waals surface area (Å²) in [6, 6.07) is 21.8. The first kappa shape index (κ1) is 34.2. The van der Waals surface area contributed by atoms with E-state index in [9.17, 15) is 4.79 Å². The Morgan fingerprint density at radius 3 is 1.35 bits per heavy atom. The van der Waals surface area contributed by atoms with Crippen molar-refractivity contribution in [2.24, 2.45) is 0 Å². The van der Waals surface area contributed by atoms with Gasteiger partial charge in [0.2, 0.25) is 0 Å². The second kappa shape index (κ2) is 18.4. The van der Waals surface area contributed by atoms with Crippen molar-refractivity contribution < 1.29 is 23.7 Å². The van der Waals surface area contributed by atoms with Crippen LogP contribution in [0.25, 0.3) is 0 Å². The Morgan fingerprint density at radius 2 is 1.00 bits per heavy atom. The molecule has 0 fully saturated rings. The molecule has 0 aliphatic heterocycles. The highest BCUT2D eigenvalue weighted by atomic mass is 28.3. The fourth-order valence-corrected chi connectivity index (χ4v) is 5.40. The predicted octanol–water partition coefficient (Wildman–Crippen LogP) is 6.17. The minimum absolute atomic E-state index is 0.203. The van der Waals surface area contributed by atoms with Crippen LogP contribution in [0.5, 0.6) is 0 Å². The van der Waals surface area contributed by atoms with Crippen molar-refractivity contribution in [2.75, 3.05) is 40.0 Å². The molecule has 2 aromatic rings. The zero-order valence-electron chi connectivity index (χ0n) is 25.5. The summed E-state index contributed by atoms with van der Waals surface area (Å²) >= 11 is 0. The highest BCUT2D eigenvalue weighted by Crippen LogP contribution is 2.10. The van der Waals surface area contributed by atoms with E-state index in [4.69, 9.17) is 18.9 Å². The molecule has 2 N–H and O–H groups in total. The van der Waals surface area contributed by atoms with Crippen molar-refractivity contribution in [3.05, 3.63) is 71.8 Å². The number of rotatable bonds is 20. The number of hydrogen-bond donors (Lipinski definition) is 2. The third-order valence-electron chi connectivity index (χ3n) is 6.28. The maximum Gasteiger partial charge on any atom is 0.315 e. The first-order valence-corrected chi connectivity index (χ1v) is 21.9. The van der Waals surface area contributed by atoms with E-state index in [1.807, 2.05) is 36.4 Å². The van der Waals surface area contributed by atoms with Crippen LogP contribution in [0, 0.1) is 0 Å². The van der Waals surface area contributed by atoms with Crippen LogP contribution in [0.15, 0.2) is 60.7 Å². The summed E-state index contributed by atoms with van der Waals surface area (Å²) < 4.78 is 23.0. The normalized spacial score (nSPS) is 13.6. The van der Waals surface area contributed by atoms with Gasteiger partial charge in [-0.15, -0.1) is 0 Å². The zero-order chi connectivity index (χ0) is 29.3. The van der Waals surface area contributed by atoms with E-state index in [0.29, 0.717) is 39.3 Å². The van der Waals surface area contributed by atoms with Gasteiger partial charge < -0.3 is 29.6 Å². The SMILES string of the molecule is C[Si](C)(C)CCOCOC[C@@H](Cc1ccccc1)NC(=O)N[C@@H](COCOCC[Si](C)(C)C)Cc1ccccc1. The topological polar surface area (TPSA) is 78.1 Å². The lowest BCUT2D eigenvalue weighted by molar-refractivity contribution is -0.0562. The van der Waals surface area contributed by atoms with E-state index in [2.05, 4.69) is 74.2 Å². The molecule has 0 spiro atoms. The quantitative estimate of drug-likeness (QED) is 0.110. The summed E-state index contributed by atoms with van der Waals surface area (Å²) in [5, 5.41) is 6.24. The van der Waals surface area contributed by atoms with Crippen molar-refractivity contribution in [2.45, 2.75) is 76.3 Å². The summed E-state index contributed by atoms with van der Waals surface area (Å²) in [5.74, 6) is 0. The third kappa shape index (κ3) is 17.6. The van der Waals surface area contributed by atoms with Crippen molar-refractivity contribution >= 4 is 22.2 Å². The predicted molar refractivity (Wildman–Crippen MR) is 169 cm³/mol. The number of urea groups is 1. The lowest BCUT2D eigenvalue weighted by Gasteiger charge is -2.23. The van der Waals surface area contributed by atoms with Gasteiger partial charge in [-0.2, -0.15) is 0 Å². The zero-order valence-corrected chi connectivity index (χ0v) is 27.5. The number of benzene rings is 2. The number of ether oxygens (including phenoxy) is 4. The second-order valence-corrected chi connectivity index (χ2v) is 24.0. The summed E-state index contributed by atoms with van der Waals surface area (Å²) in [4.78, 5) is 13.1. The van der Waals surface area contributed by atoms with E-state index >= 15 is 0 Å². The smallest absolute Gasteiger partial charge is 0.315 e. The fraction of sp³-hybridized carbons (Fsp3) is 0.581. The largest absolute Gasteiger partial charge is 0.356 e. The lowest BCUT2D eigenvalue weighted by Crippen LogP contribution is -2.50. The standard InChI is InChI=1S/C31H52N2O5Si2/c1-39(2,3)19-17-35-25-37-23-29(21-27-13-9-7-10-14-27)32-31(34)33-30(22-28-15-11-8-12-16-28)24-38-26-36-18-20-40(4,5)6/h7-16,29-30H,17-26H2,1-6H3,(H2,32,33,34)/t29-,30-/m1/s1. The van der Waals surface area contributed by atoms with E-state index in [-0.39, 0.29) is 31.7 Å². The molecule has 40 heavy (non-hydrogen) atoms. The van der Waals surface area contributed by atoms with Gasteiger partial charge in [0.1, 0.15) is 13.6 Å². The molecule has 2 aromatic carbocycles. The molecule has 0 aliphatic rings. The van der Waals surface area contributed by atoms with E-state index in [1.54, 1.807) is 0 Å². The molecule has 0 radical (unpaired) electrons. The van der Waals surface area contributed by atoms with Crippen LogP contribution in [-0.4, -0.2) is 74.3 Å². The monoisotopic (exact) mass is 588 g/mol. The first-order chi connectivity index (χ1) is 19.0. The number of nitrogens with one attached hydrogen (secondary N) is 2. The number of hydrogen-bond acceptors (Lipinski definition) is 5. The molecular weight excluding hydrogens is 537 g/mol. The Morgan fingerprint density at radius 1 is 0.625 bits per heavy atom. The molecule has 0 aliphatic carbocycles. The fourth-order valence-electron chi connectivity index (χ4n) is 3.89. The molecular formula is C31H52N2O5Si2. The van der Waals surface area contributed by atoms with Gasteiger partial charge >= 0.3 is 6.03 Å². The molecule has 224 valence electrons. The molecule has 2 amide bonds. The van der Waals surface area contributed by atoms with Gasteiger partial charge in [-0.3, -0.25) is 0 Å². The van der Waals surface area contributed by atoms with Crippen LogP contribution in [0.1, 0.15) is 11.1 Å². The molecule has 0 saturated carbocycles. The third-order valence-corrected chi connectivity index (χ3v) is 9.69. The van der Waals surface area contributed by atoms with Gasteiger partial charge in [0.05, 0.1) is 25.3 Å². The summed E-state index contributed by atoms with van der Waals surface area (Å²) in [6.45, 7) is 16.5. The molecule has 0 saturated heterocycles. The number of carbonyl (C=O) groups excluding carboxylic acids is 1. The maximum atomic E-state index is 13.1. The average Bonchev–Trinajstić information content (AvgIpc) is 2.88. The molecule has 0 heterocycles. The molecule has 7 nitrogen and oxygen atoms in total. The van der Waals surface area contributed by atoms with Crippen LogP contribution < -0.4 is 10.6 Å². The van der Waals surface area contributed by atoms with Crippen LogP contribution in [0.4, 0.5) is 4.79 Å². The summed E-state index contributed by atoms with van der Waals surface area (Å²) in [6.07, 6.45) is 1.32. The van der Waals surface area contributed by atoms with Crippen LogP contribution in [0.3, 0.4) is 0 Å². The van der Waals surface area contributed by atoms with Crippen molar-refractivity contribution in [3.8, 4) is 0 Å². The maximum absolute atomic E-state index is 13.1. The first-order valence-electron chi connectivity index (χ1n) is 14.5. The minimum Gasteiger partial charge on any atom is -0.356 e. The summed E-state index contributed by atoms with van der Waals surface area (Å²) in [7, 11) is -2.29. The molecule has 9 heteroatoms. The van der Waals surface area contributed by atoms with E-state index in [1.165, 1.54) is 0 Å². The average molecular weight is 589 g/mol. The highest BCUT2D eigenvalue weighted by molar-refractivity contribution is 6.76. The second-order valence-electron chi connectivity index (χ2n) is 12.8. The molecule has 2 atom stereocenters. The Bertz CT molecular complexity index is 861. The van der Waals surface area contributed by atoms with Crippen LogP contribution in [-0.2, 0) is 31.8 Å². The number of amides is 2. The van der Waals surface area contributed by atoms with E-state index < -0.39 is 16.1 Å². The van der Waals surface area contributed by atoms with Gasteiger partial charge in [0.15, 0.2) is 0 Å². The number of carbonyl (C=O) groups is 1.